The third kappa shape index (κ3) is 7.89. The molecule has 2 fully saturated rings. The minimum atomic E-state index is -5.05. The summed E-state index contributed by atoms with van der Waals surface area (Å²) in [6, 6.07) is 7.44. The molecular weight excluding hydrogens is 586 g/mol. The van der Waals surface area contributed by atoms with E-state index in [-0.39, 0.29) is 43.9 Å². The van der Waals surface area contributed by atoms with E-state index in [1.807, 2.05) is 6.92 Å². The fourth-order valence-electron chi connectivity index (χ4n) is 4.85. The van der Waals surface area contributed by atoms with Crippen LogP contribution in [0.15, 0.2) is 42.5 Å². The van der Waals surface area contributed by atoms with Crippen molar-refractivity contribution >= 4 is 17.9 Å². The standard InChI is InChI=1S/C26H25F6N3O5.C2H7N/c1-15(19-5-3-4-6-20(19)39-2)34-12-21-33(8-7-22(36)35(21)13-23(34)37)24(38)40-14-16-9-17(25(27,28)29)11-18(10-16)26(30,31)32;1-2-3/h3-6,9-11,15,21H,7-8,12-14H2,1-2H3;2-3H2,1H3. The molecule has 0 radical (unpaired) electrons. The monoisotopic (exact) mass is 618 g/mol. The SMILES string of the molecule is CCN.COc1ccccc1C(C)N1CC2N(CC1=O)C(=O)CCN2C(=O)OCc1cc(C(F)(F)F)cc(C(F)(F)F)c1. The highest BCUT2D eigenvalue weighted by molar-refractivity contribution is 5.88. The molecule has 2 saturated heterocycles. The molecule has 0 aliphatic carbocycles. The second-order valence-electron chi connectivity index (χ2n) is 9.79. The van der Waals surface area contributed by atoms with Crippen LogP contribution in [0, 0.1) is 0 Å². The molecule has 9 nitrogen and oxygen atoms in total. The second-order valence-corrected chi connectivity index (χ2v) is 9.79. The van der Waals surface area contributed by atoms with Crippen molar-refractivity contribution in [2.24, 2.45) is 5.73 Å². The number of halogens is 6. The molecule has 0 bridgehead atoms. The van der Waals surface area contributed by atoms with E-state index in [1.165, 1.54) is 16.9 Å². The van der Waals surface area contributed by atoms with Gasteiger partial charge in [0, 0.05) is 18.5 Å². The number of methoxy groups -OCH3 is 1. The molecule has 0 aromatic heterocycles. The third-order valence-corrected chi connectivity index (χ3v) is 6.89. The van der Waals surface area contributed by atoms with Crippen LogP contribution in [0.5, 0.6) is 5.75 Å². The fraction of sp³-hybridized carbons (Fsp3) is 0.464. The fourth-order valence-corrected chi connectivity index (χ4v) is 4.85. The van der Waals surface area contributed by atoms with E-state index in [1.54, 1.807) is 31.2 Å². The van der Waals surface area contributed by atoms with Crippen molar-refractivity contribution < 1.29 is 50.2 Å². The molecule has 2 aliphatic rings. The Balaban J connectivity index is 0.00000162. The molecule has 3 amide bonds. The summed E-state index contributed by atoms with van der Waals surface area (Å²) in [4.78, 5) is 42.4. The van der Waals surface area contributed by atoms with Crippen molar-refractivity contribution in [2.75, 3.05) is 33.3 Å². The zero-order valence-electron chi connectivity index (χ0n) is 23.7. The van der Waals surface area contributed by atoms with E-state index < -0.39 is 54.0 Å². The Hall–Kier alpha value is -4.01. The largest absolute Gasteiger partial charge is 0.496 e. The molecule has 43 heavy (non-hydrogen) atoms. The Morgan fingerprint density at radius 1 is 1.02 bits per heavy atom. The van der Waals surface area contributed by atoms with Gasteiger partial charge in [-0.3, -0.25) is 14.5 Å². The maximum absolute atomic E-state index is 13.2. The Kier molecular flexibility index (Phi) is 10.5. The van der Waals surface area contributed by atoms with Crippen LogP contribution in [-0.4, -0.2) is 72.1 Å². The van der Waals surface area contributed by atoms with E-state index in [2.05, 4.69) is 0 Å². The smallest absolute Gasteiger partial charge is 0.416 e. The lowest BCUT2D eigenvalue weighted by Gasteiger charge is -2.49. The number of fused-ring (bicyclic) bond motifs is 1. The summed E-state index contributed by atoms with van der Waals surface area (Å²) in [5.74, 6) is -0.220. The number of hydrogen-bond donors (Lipinski definition) is 1. The van der Waals surface area contributed by atoms with E-state index in [9.17, 15) is 40.7 Å². The number of alkyl halides is 6. The minimum absolute atomic E-state index is 0.0179. The van der Waals surface area contributed by atoms with Crippen molar-refractivity contribution in [2.45, 2.75) is 51.4 Å². The summed E-state index contributed by atoms with van der Waals surface area (Å²) < 4.78 is 89.6. The second kappa shape index (κ2) is 13.5. The molecule has 4 rings (SSSR count). The Morgan fingerprint density at radius 3 is 2.16 bits per heavy atom. The predicted octanol–water partition coefficient (Wildman–Crippen LogP) is 4.80. The summed E-state index contributed by atoms with van der Waals surface area (Å²) >= 11 is 0. The van der Waals surface area contributed by atoms with Gasteiger partial charge in [-0.15, -0.1) is 0 Å². The van der Waals surface area contributed by atoms with Gasteiger partial charge in [0.25, 0.3) is 0 Å². The molecule has 2 N–H and O–H groups in total. The van der Waals surface area contributed by atoms with E-state index in [4.69, 9.17) is 15.2 Å². The van der Waals surface area contributed by atoms with Gasteiger partial charge >= 0.3 is 18.4 Å². The number of ether oxygens (including phenoxy) is 2. The van der Waals surface area contributed by atoms with E-state index in [0.29, 0.717) is 23.4 Å². The number of carbonyl (C=O) groups is 3. The maximum Gasteiger partial charge on any atom is 0.416 e. The number of carbonyl (C=O) groups excluding carboxylic acids is 3. The van der Waals surface area contributed by atoms with Gasteiger partial charge in [0.2, 0.25) is 11.8 Å². The van der Waals surface area contributed by atoms with Crippen LogP contribution in [-0.2, 0) is 33.3 Å². The minimum Gasteiger partial charge on any atom is -0.496 e. The van der Waals surface area contributed by atoms with Gasteiger partial charge in [0.15, 0.2) is 0 Å². The maximum atomic E-state index is 13.2. The molecule has 236 valence electrons. The lowest BCUT2D eigenvalue weighted by atomic mass is 10.0. The normalized spacial score (nSPS) is 18.0. The Bertz CT molecular complexity index is 1290. The van der Waals surface area contributed by atoms with Crippen LogP contribution in [0.1, 0.15) is 48.6 Å². The van der Waals surface area contributed by atoms with Crippen LogP contribution in [0.3, 0.4) is 0 Å². The topological polar surface area (TPSA) is 105 Å². The van der Waals surface area contributed by atoms with Crippen LogP contribution >= 0.6 is 0 Å². The summed E-state index contributed by atoms with van der Waals surface area (Å²) in [5.41, 5.74) is 1.96. The first-order chi connectivity index (χ1) is 20.1. The lowest BCUT2D eigenvalue weighted by molar-refractivity contribution is -0.161. The molecule has 2 aromatic rings. The molecule has 15 heteroatoms. The predicted molar refractivity (Wildman–Crippen MR) is 141 cm³/mol. The number of benzene rings is 2. The van der Waals surface area contributed by atoms with Crippen LogP contribution in [0.4, 0.5) is 31.1 Å². The quantitative estimate of drug-likeness (QED) is 0.483. The van der Waals surface area contributed by atoms with Crippen molar-refractivity contribution in [1.82, 2.24) is 14.7 Å². The number of para-hydroxylation sites is 1. The molecule has 2 heterocycles. The first-order valence-electron chi connectivity index (χ1n) is 13.3. The van der Waals surface area contributed by atoms with Gasteiger partial charge in [-0.2, -0.15) is 26.3 Å². The Labute approximate surface area is 244 Å². The number of rotatable bonds is 5. The molecule has 0 spiro atoms. The number of hydrogen-bond acceptors (Lipinski definition) is 6. The lowest BCUT2D eigenvalue weighted by Crippen LogP contribution is -2.67. The molecular formula is C28H32F6N4O5. The van der Waals surface area contributed by atoms with Gasteiger partial charge in [-0.05, 0) is 43.3 Å². The summed E-state index contributed by atoms with van der Waals surface area (Å²) in [5, 5.41) is 0. The number of nitrogens with two attached hydrogens (primary N) is 1. The van der Waals surface area contributed by atoms with Crippen LogP contribution in [0.2, 0.25) is 0 Å². The van der Waals surface area contributed by atoms with Gasteiger partial charge in [-0.25, -0.2) is 4.79 Å². The summed E-state index contributed by atoms with van der Waals surface area (Å²) in [6.45, 7) is 3.00. The molecule has 2 atom stereocenters. The van der Waals surface area contributed by atoms with Crippen molar-refractivity contribution in [3.63, 3.8) is 0 Å². The van der Waals surface area contributed by atoms with Crippen molar-refractivity contribution in [3.8, 4) is 5.75 Å². The highest BCUT2D eigenvalue weighted by atomic mass is 19.4. The summed E-state index contributed by atoms with van der Waals surface area (Å²) in [7, 11) is 1.48. The molecule has 2 aromatic carbocycles. The van der Waals surface area contributed by atoms with Gasteiger partial charge in [-0.1, -0.05) is 25.1 Å². The average Bonchev–Trinajstić information content (AvgIpc) is 2.95. The van der Waals surface area contributed by atoms with E-state index >= 15 is 0 Å². The van der Waals surface area contributed by atoms with Crippen LogP contribution < -0.4 is 10.5 Å². The molecule has 2 unspecified atom stereocenters. The number of piperazine rings is 1. The first-order valence-corrected chi connectivity index (χ1v) is 13.3. The zero-order chi connectivity index (χ0) is 32.1. The first kappa shape index (κ1) is 33.5. The number of amides is 3. The van der Waals surface area contributed by atoms with E-state index in [0.717, 1.165) is 11.4 Å². The zero-order valence-corrected chi connectivity index (χ0v) is 23.7. The summed E-state index contributed by atoms with van der Waals surface area (Å²) in [6.07, 6.45) is -12.2. The van der Waals surface area contributed by atoms with Crippen molar-refractivity contribution in [3.05, 3.63) is 64.7 Å². The average molecular weight is 619 g/mol. The molecule has 2 aliphatic heterocycles. The van der Waals surface area contributed by atoms with Crippen molar-refractivity contribution in [1.29, 1.82) is 0 Å². The van der Waals surface area contributed by atoms with Gasteiger partial charge in [0.05, 0.1) is 30.8 Å². The third-order valence-electron chi connectivity index (χ3n) is 6.89. The van der Waals surface area contributed by atoms with Crippen LogP contribution in [0.25, 0.3) is 0 Å². The number of nitrogens with zero attached hydrogens (tertiary/aromatic N) is 3. The van der Waals surface area contributed by atoms with Gasteiger partial charge in [0.1, 0.15) is 25.1 Å². The van der Waals surface area contributed by atoms with Gasteiger partial charge < -0.3 is 25.0 Å². The Morgan fingerprint density at radius 2 is 1.60 bits per heavy atom. The molecule has 0 saturated carbocycles. The highest BCUT2D eigenvalue weighted by Gasteiger charge is 2.45. The highest BCUT2D eigenvalue weighted by Crippen LogP contribution is 2.37.